The van der Waals surface area contributed by atoms with Crippen molar-refractivity contribution in [1.29, 1.82) is 0 Å². The zero-order valence-corrected chi connectivity index (χ0v) is 12.6. The van der Waals surface area contributed by atoms with Gasteiger partial charge in [0.25, 0.3) is 0 Å². The zero-order chi connectivity index (χ0) is 11.8. The molecule has 0 heterocycles. The predicted octanol–water partition coefficient (Wildman–Crippen LogP) is 3.90. The number of rotatable bonds is 6. The van der Waals surface area contributed by atoms with Crippen LogP contribution in [0.3, 0.4) is 0 Å². The molecule has 0 radical (unpaired) electrons. The van der Waals surface area contributed by atoms with Crippen molar-refractivity contribution >= 4 is 34.9 Å². The molecule has 0 N–H and O–H groups in total. The van der Waals surface area contributed by atoms with Gasteiger partial charge in [-0.15, -0.1) is 0 Å². The monoisotopic (exact) mass is 315 g/mol. The Morgan fingerprint density at radius 1 is 1.18 bits per heavy atom. The van der Waals surface area contributed by atoms with Crippen molar-refractivity contribution < 1.29 is 17.1 Å². The summed E-state index contributed by atoms with van der Waals surface area (Å²) >= 11 is 10.2. The van der Waals surface area contributed by atoms with E-state index in [4.69, 9.17) is 24.8 Å². The maximum atomic E-state index is 5.12. The fraction of sp³-hybridized carbons (Fsp3) is 0.462. The summed E-state index contributed by atoms with van der Waals surface area (Å²) in [5.41, 5.74) is 1.11. The summed E-state index contributed by atoms with van der Waals surface area (Å²) < 4.78 is 0.544. The molecule has 0 aromatic heterocycles. The van der Waals surface area contributed by atoms with Crippen LogP contribution in [-0.4, -0.2) is 10.9 Å². The average molecular weight is 316 g/mol. The van der Waals surface area contributed by atoms with Crippen LogP contribution in [0.15, 0.2) is 30.3 Å². The van der Waals surface area contributed by atoms with Crippen molar-refractivity contribution in [3.8, 4) is 0 Å². The zero-order valence-electron chi connectivity index (χ0n) is 9.99. The first-order valence-electron chi connectivity index (χ1n) is 5.79. The van der Waals surface area contributed by atoms with Crippen molar-refractivity contribution in [3.05, 3.63) is 30.3 Å². The van der Waals surface area contributed by atoms with Gasteiger partial charge in [-0.2, -0.15) is 0 Å². The van der Waals surface area contributed by atoms with Gasteiger partial charge in [-0.1, -0.05) is 48.7 Å². The molecule has 4 heteroatoms. The van der Waals surface area contributed by atoms with Gasteiger partial charge in [0.15, 0.2) is 0 Å². The van der Waals surface area contributed by atoms with Gasteiger partial charge in [-0.05, 0) is 18.6 Å². The summed E-state index contributed by atoms with van der Waals surface area (Å²) in [6, 6.07) is 10.1. The van der Waals surface area contributed by atoms with Crippen LogP contribution in [0.5, 0.6) is 0 Å². The van der Waals surface area contributed by atoms with Crippen molar-refractivity contribution in [1.82, 2.24) is 0 Å². The predicted molar refractivity (Wildman–Crippen MR) is 77.9 cm³/mol. The minimum absolute atomic E-state index is 0. The summed E-state index contributed by atoms with van der Waals surface area (Å²) in [6.07, 6.45) is 4.94. The minimum Gasteiger partial charge on any atom is -0.411 e. The Bertz CT molecular complexity index is 316. The van der Waals surface area contributed by atoms with Gasteiger partial charge in [0.05, 0.1) is 0 Å². The Hall–Kier alpha value is -0.151. The van der Waals surface area contributed by atoms with E-state index in [1.54, 1.807) is 0 Å². The quantitative estimate of drug-likeness (QED) is 0.339. The molecule has 1 rings (SSSR count). The molecule has 0 spiro atoms. The van der Waals surface area contributed by atoms with E-state index in [0.29, 0.717) is 4.32 Å². The van der Waals surface area contributed by atoms with E-state index in [0.717, 1.165) is 18.7 Å². The average Bonchev–Trinajstić information content (AvgIpc) is 2.30. The third kappa shape index (κ3) is 6.37. The van der Waals surface area contributed by atoms with Gasteiger partial charge in [0.1, 0.15) is 0 Å². The van der Waals surface area contributed by atoms with Crippen LogP contribution in [0, 0.1) is 0 Å². The molecule has 0 saturated carbocycles. The summed E-state index contributed by atoms with van der Waals surface area (Å²) in [7, 11) is 0. The molecule has 1 aromatic carbocycles. The molecule has 0 atom stereocenters. The Kier molecular flexibility index (Phi) is 9.75. The number of nitrogens with zero attached hydrogens (tertiary/aromatic N) is 1. The first-order valence-corrected chi connectivity index (χ1v) is 6.61. The van der Waals surface area contributed by atoms with Crippen molar-refractivity contribution in [2.24, 2.45) is 0 Å². The topological polar surface area (TPSA) is 3.24 Å². The number of hydrogen-bond acceptors (Lipinski definition) is 2. The molecule has 98 valence electrons. The van der Waals surface area contributed by atoms with Crippen molar-refractivity contribution in [2.75, 3.05) is 11.4 Å². The van der Waals surface area contributed by atoms with Crippen LogP contribution in [0.2, 0.25) is 0 Å². The van der Waals surface area contributed by atoms with Gasteiger partial charge in [-0.3, -0.25) is 0 Å². The molecule has 0 aliphatic rings. The smallest absolute Gasteiger partial charge is 0.411 e. The summed E-state index contributed by atoms with van der Waals surface area (Å²) in [4.78, 5) is 2.04. The summed E-state index contributed by atoms with van der Waals surface area (Å²) in [5.74, 6) is 0. The van der Waals surface area contributed by atoms with Gasteiger partial charge in [-0.25, -0.2) is 0 Å². The number of anilines is 1. The van der Waals surface area contributed by atoms with Gasteiger partial charge in [0, 0.05) is 12.2 Å². The fourth-order valence-corrected chi connectivity index (χ4v) is 2.02. The normalized spacial score (nSPS) is 9.47. The molecule has 17 heavy (non-hydrogen) atoms. The number of unbranched alkanes of at least 4 members (excludes halogenated alkanes) is 3. The molecule has 0 amide bonds. The Morgan fingerprint density at radius 2 is 1.82 bits per heavy atom. The standard InChI is InChI=1S/C13H19NS2.Cu/c1-2-3-4-8-11-14(13(15)16)12-9-6-5-7-10-12;/h5-7,9-10H,2-4,8,11H2,1H3,(H,15,16);/q;+1/p-1. The number of benzene rings is 1. The van der Waals surface area contributed by atoms with E-state index >= 15 is 0 Å². The van der Waals surface area contributed by atoms with Crippen molar-refractivity contribution in [2.45, 2.75) is 32.6 Å². The van der Waals surface area contributed by atoms with E-state index in [2.05, 4.69) is 19.1 Å². The summed E-state index contributed by atoms with van der Waals surface area (Å²) in [5, 5.41) is 0. The second-order valence-corrected chi connectivity index (χ2v) is 4.85. The Labute approximate surface area is 126 Å². The molecule has 0 unspecified atom stereocenters. The molecule has 0 saturated heterocycles. The third-order valence-electron chi connectivity index (χ3n) is 2.52. The van der Waals surface area contributed by atoms with Crippen LogP contribution in [0.25, 0.3) is 0 Å². The first-order chi connectivity index (χ1) is 7.75. The van der Waals surface area contributed by atoms with Crippen LogP contribution < -0.4 is 4.90 Å². The van der Waals surface area contributed by atoms with Gasteiger partial charge in [0.2, 0.25) is 0 Å². The van der Waals surface area contributed by atoms with Gasteiger partial charge >= 0.3 is 17.1 Å². The molecule has 0 bridgehead atoms. The van der Waals surface area contributed by atoms with E-state index in [-0.39, 0.29) is 17.1 Å². The number of para-hydroxylation sites is 1. The van der Waals surface area contributed by atoms with E-state index in [1.807, 2.05) is 23.1 Å². The molecule has 0 aliphatic carbocycles. The van der Waals surface area contributed by atoms with Crippen LogP contribution in [0.1, 0.15) is 32.6 Å². The molecular weight excluding hydrogens is 298 g/mol. The van der Waals surface area contributed by atoms with Gasteiger partial charge < -0.3 is 29.7 Å². The van der Waals surface area contributed by atoms with Crippen LogP contribution in [-0.2, 0) is 29.7 Å². The summed E-state index contributed by atoms with van der Waals surface area (Å²) in [6.45, 7) is 3.15. The SMILES string of the molecule is CCCCCCN(C(=S)[S-])c1ccccc1.[Cu+]. The third-order valence-corrected chi connectivity index (χ3v) is 2.96. The maximum absolute atomic E-state index is 5.12. The number of hydrogen-bond donors (Lipinski definition) is 0. The fourth-order valence-electron chi connectivity index (χ4n) is 1.63. The molecule has 0 aliphatic heterocycles. The van der Waals surface area contributed by atoms with E-state index < -0.39 is 0 Å². The van der Waals surface area contributed by atoms with Crippen LogP contribution >= 0.6 is 12.2 Å². The second kappa shape index (κ2) is 9.84. The number of thiocarbonyl (C=S) groups is 1. The van der Waals surface area contributed by atoms with E-state index in [9.17, 15) is 0 Å². The van der Waals surface area contributed by atoms with E-state index in [1.165, 1.54) is 19.3 Å². The minimum atomic E-state index is 0. The Morgan fingerprint density at radius 3 is 2.35 bits per heavy atom. The van der Waals surface area contributed by atoms with Crippen molar-refractivity contribution in [3.63, 3.8) is 0 Å². The molecule has 1 nitrogen and oxygen atoms in total. The molecular formula is C13H18CuNS2. The van der Waals surface area contributed by atoms with Crippen LogP contribution in [0.4, 0.5) is 5.69 Å². The Balaban J connectivity index is 0.00000256. The molecule has 1 aromatic rings. The maximum Gasteiger partial charge on any atom is 1.00 e. The molecule has 0 fully saturated rings. The second-order valence-electron chi connectivity index (χ2n) is 3.81. The largest absolute Gasteiger partial charge is 1.00 e. The first kappa shape index (κ1) is 16.8.